The molecule has 1 heterocycles. The molecule has 0 amide bonds. The zero-order valence-corrected chi connectivity index (χ0v) is 33.8. The minimum Gasteiger partial charge on any atom is -0.465 e. The zero-order chi connectivity index (χ0) is 36.3. The molecule has 288 valence electrons. The number of rotatable bonds is 31. The molecule has 11 heteroatoms. The summed E-state index contributed by atoms with van der Waals surface area (Å²) >= 11 is 4.43. The first-order valence-corrected chi connectivity index (χ1v) is 22.3. The van der Waals surface area contributed by atoms with Crippen LogP contribution in [0, 0.1) is 5.41 Å². The van der Waals surface area contributed by atoms with Crippen LogP contribution in [-0.4, -0.2) is 71.1 Å². The van der Waals surface area contributed by atoms with E-state index in [1.807, 2.05) is 13.8 Å². The molecule has 0 bridgehead atoms. The third-order valence-electron chi connectivity index (χ3n) is 9.61. The van der Waals surface area contributed by atoms with Gasteiger partial charge < -0.3 is 27.5 Å². The Balaban J connectivity index is 2.96. The Bertz CT molecular complexity index is 849. The number of carbonyl (C=O) groups is 3. The van der Waals surface area contributed by atoms with Gasteiger partial charge in [-0.15, -0.1) is 0 Å². The molecule has 1 rings (SSSR count). The third kappa shape index (κ3) is 19.9. The van der Waals surface area contributed by atoms with Gasteiger partial charge in [-0.3, -0.25) is 14.4 Å². The van der Waals surface area contributed by atoms with Crippen molar-refractivity contribution in [2.45, 2.75) is 181 Å². The second kappa shape index (κ2) is 27.5. The highest BCUT2D eigenvalue weighted by atomic mass is 32.1. The van der Waals surface area contributed by atoms with E-state index in [1.165, 1.54) is 19.3 Å². The van der Waals surface area contributed by atoms with Crippen molar-refractivity contribution in [3.8, 4) is 0 Å². The van der Waals surface area contributed by atoms with Crippen LogP contribution in [0.4, 0.5) is 0 Å². The van der Waals surface area contributed by atoms with E-state index in [-0.39, 0.29) is 50.9 Å². The van der Waals surface area contributed by atoms with E-state index in [1.54, 1.807) is 0 Å². The smallest absolute Gasteiger partial charge is 0.465 e. The summed E-state index contributed by atoms with van der Waals surface area (Å²) in [6.07, 6.45) is 18.7. The molecule has 0 spiro atoms. The van der Waals surface area contributed by atoms with E-state index in [9.17, 15) is 14.4 Å². The molecule has 0 atom stereocenters. The van der Waals surface area contributed by atoms with E-state index in [4.69, 9.17) is 27.5 Å². The molecule has 1 saturated heterocycles. The van der Waals surface area contributed by atoms with Crippen LogP contribution < -0.4 is 0 Å². The highest BCUT2D eigenvalue weighted by molar-refractivity contribution is 7.80. The van der Waals surface area contributed by atoms with E-state index in [0.717, 1.165) is 83.5 Å². The molecule has 1 aliphatic rings. The van der Waals surface area contributed by atoms with Gasteiger partial charge in [0, 0.05) is 25.3 Å². The first-order chi connectivity index (χ1) is 23.7. The number of hydrogen-bond acceptors (Lipinski definition) is 10. The maximum Gasteiger partial charge on any atom is 0.501 e. The minimum absolute atomic E-state index is 0.0763. The van der Waals surface area contributed by atoms with Gasteiger partial charge in [-0.05, 0) is 44.3 Å². The number of esters is 3. The fraction of sp³-hybridized carbons (Fsp3) is 0.921. The lowest BCUT2D eigenvalue weighted by Crippen LogP contribution is -2.60. The lowest BCUT2D eigenvalue weighted by Gasteiger charge is -2.44. The van der Waals surface area contributed by atoms with Gasteiger partial charge in [-0.2, -0.15) is 12.6 Å². The first-order valence-electron chi connectivity index (χ1n) is 19.7. The Kier molecular flexibility index (Phi) is 25.7. The summed E-state index contributed by atoms with van der Waals surface area (Å²) in [5.74, 6) is -0.0748. The summed E-state index contributed by atoms with van der Waals surface area (Å²) in [6, 6.07) is 0.552. The fourth-order valence-corrected chi connectivity index (χ4v) is 8.95. The average Bonchev–Trinajstić information content (AvgIpc) is 3.11. The van der Waals surface area contributed by atoms with Crippen LogP contribution in [0.2, 0.25) is 6.04 Å². The SMILES string of the molecule is CCCCCCCC(=O)OCC(CC)(COC(=O)CCCCCCC)CO[Si]1(CCCS)OCC(CC)(OC(=O)CCCCCCC)CO1. The predicted octanol–water partition coefficient (Wildman–Crippen LogP) is 9.56. The fourth-order valence-electron chi connectivity index (χ4n) is 5.71. The van der Waals surface area contributed by atoms with Crippen molar-refractivity contribution in [3.63, 3.8) is 0 Å². The predicted molar refractivity (Wildman–Crippen MR) is 201 cm³/mol. The lowest BCUT2D eigenvalue weighted by atomic mass is 9.88. The average molecular weight is 733 g/mol. The van der Waals surface area contributed by atoms with Gasteiger partial charge in [0.25, 0.3) is 0 Å². The summed E-state index contributed by atoms with van der Waals surface area (Å²) in [5.41, 5.74) is -1.62. The Morgan fingerprint density at radius 1 is 0.633 bits per heavy atom. The van der Waals surface area contributed by atoms with E-state index in [0.29, 0.717) is 43.9 Å². The maximum atomic E-state index is 12.8. The molecule has 0 aromatic heterocycles. The number of ether oxygens (including phenoxy) is 3. The van der Waals surface area contributed by atoms with Crippen molar-refractivity contribution in [3.05, 3.63) is 0 Å². The molecular formula is C38H72O9SSi. The van der Waals surface area contributed by atoms with Gasteiger partial charge in [0.15, 0.2) is 5.60 Å². The van der Waals surface area contributed by atoms with Gasteiger partial charge in [0.05, 0.1) is 25.2 Å². The molecule has 9 nitrogen and oxygen atoms in total. The molecule has 49 heavy (non-hydrogen) atoms. The molecule has 0 radical (unpaired) electrons. The van der Waals surface area contributed by atoms with Crippen molar-refractivity contribution >= 4 is 39.3 Å². The van der Waals surface area contributed by atoms with Crippen molar-refractivity contribution in [2.24, 2.45) is 5.41 Å². The normalized spacial score (nSPS) is 19.5. The van der Waals surface area contributed by atoms with Gasteiger partial charge >= 0.3 is 26.7 Å². The molecule has 0 aromatic carbocycles. The van der Waals surface area contributed by atoms with Gasteiger partial charge in [0.2, 0.25) is 0 Å². The molecular weight excluding hydrogens is 661 g/mol. The van der Waals surface area contributed by atoms with Crippen molar-refractivity contribution in [2.75, 3.05) is 38.8 Å². The Morgan fingerprint density at radius 3 is 1.49 bits per heavy atom. The second-order valence-corrected chi connectivity index (χ2v) is 17.2. The van der Waals surface area contributed by atoms with E-state index >= 15 is 0 Å². The quantitative estimate of drug-likeness (QED) is 0.0245. The first kappa shape index (κ1) is 45.9. The molecule has 0 aromatic rings. The monoisotopic (exact) mass is 732 g/mol. The van der Waals surface area contributed by atoms with Gasteiger partial charge in [-0.1, -0.05) is 112 Å². The molecule has 0 N–H and O–H groups in total. The zero-order valence-electron chi connectivity index (χ0n) is 31.9. The molecule has 0 aliphatic carbocycles. The van der Waals surface area contributed by atoms with E-state index in [2.05, 4.69) is 33.4 Å². The van der Waals surface area contributed by atoms with Crippen molar-refractivity contribution in [1.82, 2.24) is 0 Å². The Hall–Kier alpha value is -1.14. The summed E-state index contributed by atoms with van der Waals surface area (Å²) < 4.78 is 37.2. The van der Waals surface area contributed by atoms with Crippen LogP contribution in [0.1, 0.15) is 169 Å². The Morgan fingerprint density at radius 2 is 1.08 bits per heavy atom. The van der Waals surface area contributed by atoms with Crippen LogP contribution in [0.3, 0.4) is 0 Å². The van der Waals surface area contributed by atoms with Gasteiger partial charge in [0.1, 0.15) is 13.2 Å². The number of hydrogen-bond donors (Lipinski definition) is 1. The van der Waals surface area contributed by atoms with Crippen LogP contribution >= 0.6 is 12.6 Å². The summed E-state index contributed by atoms with van der Waals surface area (Å²) in [7, 11) is -3.23. The van der Waals surface area contributed by atoms with E-state index < -0.39 is 19.8 Å². The topological polar surface area (TPSA) is 107 Å². The van der Waals surface area contributed by atoms with Crippen molar-refractivity contribution < 1.29 is 41.9 Å². The van der Waals surface area contributed by atoms with Crippen molar-refractivity contribution in [1.29, 1.82) is 0 Å². The Labute approximate surface area is 305 Å². The summed E-state index contributed by atoms with van der Waals surface area (Å²) in [6.45, 7) is 11.2. The number of unbranched alkanes of at least 4 members (excludes halogenated alkanes) is 12. The van der Waals surface area contributed by atoms with Crippen LogP contribution in [-0.2, 0) is 41.9 Å². The standard InChI is InChI=1S/C38H72O9SSi/c1-6-11-14-17-20-24-34(39)42-29-37(9-4,30-43-35(40)25-21-18-15-12-7-2)31-44-49(28-23-27-48)45-32-38(10-5,33-46-49)47-36(41)26-22-19-16-13-8-3/h48H,6-33H2,1-5H3. The summed E-state index contributed by atoms with van der Waals surface area (Å²) in [4.78, 5) is 38.3. The summed E-state index contributed by atoms with van der Waals surface area (Å²) in [5, 5.41) is 0. The van der Waals surface area contributed by atoms with Crippen LogP contribution in [0.15, 0.2) is 0 Å². The number of carbonyl (C=O) groups excluding carboxylic acids is 3. The third-order valence-corrected chi connectivity index (χ3v) is 12.6. The largest absolute Gasteiger partial charge is 0.501 e. The highest BCUT2D eigenvalue weighted by Gasteiger charge is 2.52. The lowest BCUT2D eigenvalue weighted by molar-refractivity contribution is -0.184. The molecule has 1 fully saturated rings. The minimum atomic E-state index is -3.23. The second-order valence-electron chi connectivity index (χ2n) is 14.1. The van der Waals surface area contributed by atoms with Gasteiger partial charge in [-0.25, -0.2) is 0 Å². The number of thiol groups is 1. The van der Waals surface area contributed by atoms with Crippen LogP contribution in [0.25, 0.3) is 0 Å². The van der Waals surface area contributed by atoms with Crippen LogP contribution in [0.5, 0.6) is 0 Å². The maximum absolute atomic E-state index is 12.8. The highest BCUT2D eigenvalue weighted by Crippen LogP contribution is 2.34. The molecule has 1 aliphatic heterocycles. The molecule has 0 saturated carbocycles. The molecule has 0 unspecified atom stereocenters.